The molecule has 4 rings (SSSR count). The first kappa shape index (κ1) is 24.1. The van der Waals surface area contributed by atoms with E-state index in [-0.39, 0.29) is 24.6 Å². The number of sulfonamides is 1. The lowest BCUT2D eigenvalue weighted by molar-refractivity contribution is -0.143. The van der Waals surface area contributed by atoms with E-state index in [1.165, 1.54) is 34.9 Å². The minimum atomic E-state index is -3.89. The van der Waals surface area contributed by atoms with Gasteiger partial charge in [-0.05, 0) is 56.2 Å². The second-order valence-corrected chi connectivity index (χ2v) is 10.5. The SMILES string of the molecule is CCOC(=O)Cn1c(=NC(=O)C2CCCN2S(=O)(=O)c2ccc(OC)cc2)sc2ccccc21. The van der Waals surface area contributed by atoms with Crippen LogP contribution in [0.15, 0.2) is 58.4 Å². The summed E-state index contributed by atoms with van der Waals surface area (Å²) in [6.07, 6.45) is 0.928. The minimum Gasteiger partial charge on any atom is -0.497 e. The summed E-state index contributed by atoms with van der Waals surface area (Å²) in [6, 6.07) is 12.6. The number of para-hydroxylation sites is 1. The van der Waals surface area contributed by atoms with Gasteiger partial charge in [-0.25, -0.2) is 8.42 Å². The molecule has 0 saturated carbocycles. The molecule has 9 nitrogen and oxygen atoms in total. The van der Waals surface area contributed by atoms with Crippen molar-refractivity contribution in [3.05, 3.63) is 53.3 Å². The molecule has 11 heteroatoms. The van der Waals surface area contributed by atoms with Crippen molar-refractivity contribution in [2.75, 3.05) is 20.3 Å². The van der Waals surface area contributed by atoms with Gasteiger partial charge in [-0.15, -0.1) is 0 Å². The van der Waals surface area contributed by atoms with Gasteiger partial charge >= 0.3 is 5.97 Å². The highest BCUT2D eigenvalue weighted by molar-refractivity contribution is 7.89. The number of hydrogen-bond donors (Lipinski definition) is 0. The molecule has 180 valence electrons. The van der Waals surface area contributed by atoms with Crippen LogP contribution in [0.4, 0.5) is 0 Å². The summed E-state index contributed by atoms with van der Waals surface area (Å²) >= 11 is 1.27. The molecule has 1 aliphatic rings. The fourth-order valence-electron chi connectivity index (χ4n) is 3.92. The monoisotopic (exact) mass is 503 g/mol. The molecule has 1 atom stereocenters. The maximum atomic E-state index is 13.3. The van der Waals surface area contributed by atoms with E-state index in [2.05, 4.69) is 4.99 Å². The van der Waals surface area contributed by atoms with E-state index in [4.69, 9.17) is 9.47 Å². The van der Waals surface area contributed by atoms with Crippen LogP contribution in [0.2, 0.25) is 0 Å². The number of carbonyl (C=O) groups is 2. The van der Waals surface area contributed by atoms with Gasteiger partial charge in [0.2, 0.25) is 10.0 Å². The lowest BCUT2D eigenvalue weighted by Crippen LogP contribution is -2.40. The number of nitrogens with zero attached hydrogens (tertiary/aromatic N) is 3. The number of ether oxygens (including phenoxy) is 2. The number of methoxy groups -OCH3 is 1. The summed E-state index contributed by atoms with van der Waals surface area (Å²) in [5.74, 6) is -0.456. The third kappa shape index (κ3) is 4.77. The van der Waals surface area contributed by atoms with Gasteiger partial charge in [0.05, 0.1) is 28.8 Å². The van der Waals surface area contributed by atoms with Crippen LogP contribution in [0.3, 0.4) is 0 Å². The fourth-order valence-corrected chi connectivity index (χ4v) is 6.61. The van der Waals surface area contributed by atoms with Crippen LogP contribution in [-0.4, -0.2) is 55.5 Å². The number of fused-ring (bicyclic) bond motifs is 1. The van der Waals surface area contributed by atoms with Crippen molar-refractivity contribution in [1.29, 1.82) is 0 Å². The smallest absolute Gasteiger partial charge is 0.326 e. The van der Waals surface area contributed by atoms with Gasteiger partial charge in [0, 0.05) is 6.54 Å². The van der Waals surface area contributed by atoms with Crippen LogP contribution in [0.5, 0.6) is 5.75 Å². The van der Waals surface area contributed by atoms with Gasteiger partial charge < -0.3 is 14.0 Å². The van der Waals surface area contributed by atoms with Gasteiger partial charge in [0.1, 0.15) is 18.3 Å². The number of carbonyl (C=O) groups excluding carboxylic acids is 2. The number of rotatable bonds is 7. The van der Waals surface area contributed by atoms with E-state index >= 15 is 0 Å². The number of aromatic nitrogens is 1. The van der Waals surface area contributed by atoms with Crippen LogP contribution in [0.25, 0.3) is 10.2 Å². The number of thiazole rings is 1. The number of hydrogen-bond acceptors (Lipinski definition) is 7. The van der Waals surface area contributed by atoms with Crippen molar-refractivity contribution >= 4 is 43.5 Å². The Morgan fingerprint density at radius 3 is 2.59 bits per heavy atom. The summed E-state index contributed by atoms with van der Waals surface area (Å²) in [7, 11) is -2.39. The molecular formula is C23H25N3O6S2. The molecule has 2 aromatic carbocycles. The molecule has 1 amide bonds. The lowest BCUT2D eigenvalue weighted by Gasteiger charge is -2.21. The van der Waals surface area contributed by atoms with Gasteiger partial charge in [0.25, 0.3) is 5.91 Å². The largest absolute Gasteiger partial charge is 0.497 e. The first-order valence-electron chi connectivity index (χ1n) is 10.8. The molecule has 34 heavy (non-hydrogen) atoms. The van der Waals surface area contributed by atoms with Gasteiger partial charge in [-0.1, -0.05) is 23.5 Å². The molecule has 1 aromatic heterocycles. The number of esters is 1. The Labute approximate surface area is 201 Å². The lowest BCUT2D eigenvalue weighted by atomic mass is 10.2. The summed E-state index contributed by atoms with van der Waals surface area (Å²) in [6.45, 7) is 2.10. The molecule has 0 bridgehead atoms. The summed E-state index contributed by atoms with van der Waals surface area (Å²) in [5.41, 5.74) is 0.751. The van der Waals surface area contributed by atoms with Crippen LogP contribution < -0.4 is 9.54 Å². The maximum Gasteiger partial charge on any atom is 0.326 e. The molecular weight excluding hydrogens is 478 g/mol. The molecule has 3 aromatic rings. The van der Waals surface area contributed by atoms with E-state index in [1.807, 2.05) is 24.3 Å². The van der Waals surface area contributed by atoms with Crippen molar-refractivity contribution in [2.24, 2.45) is 4.99 Å². The topological polar surface area (TPSA) is 107 Å². The third-order valence-corrected chi connectivity index (χ3v) is 8.52. The number of benzene rings is 2. The summed E-state index contributed by atoms with van der Waals surface area (Å²) in [5, 5.41) is 0. The van der Waals surface area contributed by atoms with Gasteiger partial charge in [0.15, 0.2) is 4.80 Å². The van der Waals surface area contributed by atoms with Crippen LogP contribution >= 0.6 is 11.3 Å². The van der Waals surface area contributed by atoms with Crippen LogP contribution in [-0.2, 0) is 30.9 Å². The van der Waals surface area contributed by atoms with E-state index in [9.17, 15) is 18.0 Å². The zero-order valence-corrected chi connectivity index (χ0v) is 20.5. The van der Waals surface area contributed by atoms with E-state index in [0.29, 0.717) is 23.4 Å². The van der Waals surface area contributed by atoms with Crippen molar-refractivity contribution in [3.63, 3.8) is 0 Å². The van der Waals surface area contributed by atoms with Gasteiger partial charge in [-0.2, -0.15) is 9.30 Å². The summed E-state index contributed by atoms with van der Waals surface area (Å²) in [4.78, 5) is 30.1. The van der Waals surface area contributed by atoms with Crippen molar-refractivity contribution in [3.8, 4) is 5.75 Å². The second kappa shape index (κ2) is 10.1. The average molecular weight is 504 g/mol. The molecule has 1 fully saturated rings. The molecule has 1 unspecified atom stereocenters. The highest BCUT2D eigenvalue weighted by atomic mass is 32.2. The van der Waals surface area contributed by atoms with E-state index < -0.39 is 27.9 Å². The van der Waals surface area contributed by atoms with E-state index in [0.717, 1.165) is 10.2 Å². The molecule has 1 aliphatic heterocycles. The zero-order chi connectivity index (χ0) is 24.3. The van der Waals surface area contributed by atoms with Crippen molar-refractivity contribution < 1.29 is 27.5 Å². The van der Waals surface area contributed by atoms with Crippen LogP contribution in [0.1, 0.15) is 19.8 Å². The maximum absolute atomic E-state index is 13.3. The summed E-state index contributed by atoms with van der Waals surface area (Å²) < 4.78 is 40.4. The second-order valence-electron chi connectivity index (χ2n) is 7.64. The zero-order valence-electron chi connectivity index (χ0n) is 18.8. The molecule has 0 aliphatic carbocycles. The molecule has 1 saturated heterocycles. The predicted molar refractivity (Wildman–Crippen MR) is 127 cm³/mol. The normalized spacial score (nSPS) is 17.2. The quantitative estimate of drug-likeness (QED) is 0.459. The molecule has 0 N–H and O–H groups in total. The highest BCUT2D eigenvalue weighted by Gasteiger charge is 2.39. The average Bonchev–Trinajstić information content (AvgIpc) is 3.45. The Morgan fingerprint density at radius 1 is 1.15 bits per heavy atom. The first-order chi connectivity index (χ1) is 16.3. The standard InChI is InChI=1S/C23H25N3O6S2/c1-3-32-21(27)15-25-18-7-4-5-9-20(18)33-23(25)24-22(28)19-8-6-14-26(19)34(29,30)17-12-10-16(31-2)11-13-17/h4-5,7,9-13,19H,3,6,8,14-15H2,1-2H3. The Morgan fingerprint density at radius 2 is 1.88 bits per heavy atom. The minimum absolute atomic E-state index is 0.0900. The van der Waals surface area contributed by atoms with Crippen molar-refractivity contribution in [1.82, 2.24) is 8.87 Å². The Balaban J connectivity index is 1.68. The van der Waals surface area contributed by atoms with E-state index in [1.54, 1.807) is 23.6 Å². The Bertz CT molecular complexity index is 1380. The number of amides is 1. The predicted octanol–water partition coefficient (Wildman–Crippen LogP) is 2.56. The van der Waals surface area contributed by atoms with Crippen molar-refractivity contribution in [2.45, 2.75) is 37.2 Å². The Kier molecular flexibility index (Phi) is 7.15. The highest BCUT2D eigenvalue weighted by Crippen LogP contribution is 2.28. The molecule has 0 spiro atoms. The molecule has 2 heterocycles. The fraction of sp³-hybridized carbons (Fsp3) is 0.348. The Hall–Kier alpha value is -3.02. The van der Waals surface area contributed by atoms with Crippen LogP contribution in [0, 0.1) is 0 Å². The van der Waals surface area contributed by atoms with Gasteiger partial charge in [-0.3, -0.25) is 9.59 Å². The first-order valence-corrected chi connectivity index (χ1v) is 13.1. The third-order valence-electron chi connectivity index (χ3n) is 5.54. The molecule has 0 radical (unpaired) electrons.